The van der Waals surface area contributed by atoms with Crippen molar-refractivity contribution in [2.45, 2.75) is 12.5 Å². The van der Waals surface area contributed by atoms with E-state index in [1.807, 2.05) is 7.05 Å². The summed E-state index contributed by atoms with van der Waals surface area (Å²) < 4.78 is 0. The molecule has 0 aliphatic carbocycles. The summed E-state index contributed by atoms with van der Waals surface area (Å²) >= 11 is 0. The van der Waals surface area contributed by atoms with E-state index in [1.54, 1.807) is 0 Å². The van der Waals surface area contributed by atoms with Crippen molar-refractivity contribution in [1.29, 1.82) is 0 Å². The van der Waals surface area contributed by atoms with Crippen molar-refractivity contribution in [3.8, 4) is 12.0 Å². The van der Waals surface area contributed by atoms with Crippen LogP contribution in [-0.4, -0.2) is 19.1 Å². The molecule has 2 N–H and O–H groups in total. The van der Waals surface area contributed by atoms with E-state index in [0.29, 0.717) is 0 Å². The van der Waals surface area contributed by atoms with Gasteiger partial charge in [0.25, 0.3) is 0 Å². The second kappa shape index (κ2) is 1.68. The number of nitrogens with one attached hydrogen (secondary N) is 2. The summed E-state index contributed by atoms with van der Waals surface area (Å²) in [5, 5.41) is 5.90. The molecule has 0 spiro atoms. The molecule has 1 atom stereocenters. The van der Waals surface area contributed by atoms with Gasteiger partial charge in [0.2, 0.25) is 0 Å². The predicted molar refractivity (Wildman–Crippen MR) is 33.2 cm³/mol. The summed E-state index contributed by atoms with van der Waals surface area (Å²) in [6.07, 6.45) is 0. The highest BCUT2D eigenvalue weighted by molar-refractivity contribution is 5.24. The van der Waals surface area contributed by atoms with Crippen molar-refractivity contribution in [2.75, 3.05) is 13.6 Å². The molecule has 0 bridgehead atoms. The molecule has 0 radical (unpaired) electrons. The Balaban J connectivity index is 2.38. The molecule has 1 aliphatic heterocycles. The lowest BCUT2D eigenvalue weighted by Crippen LogP contribution is -2.06. The molecule has 0 aromatic carbocycles. The Labute approximate surface area is 49.7 Å². The topological polar surface area (TPSA) is 34.0 Å². The second-order valence-electron chi connectivity index (χ2n) is 2.19. The van der Waals surface area contributed by atoms with Crippen LogP contribution in [0.2, 0.25) is 0 Å². The number of hydrogen-bond donors (Lipinski definition) is 2. The van der Waals surface area contributed by atoms with Gasteiger partial charge in [0.15, 0.2) is 0 Å². The summed E-state index contributed by atoms with van der Waals surface area (Å²) in [5.74, 6) is 3.01. The Morgan fingerprint density at radius 3 is 2.75 bits per heavy atom. The highest BCUT2D eigenvalue weighted by Crippen LogP contribution is 2.12. The van der Waals surface area contributed by atoms with Crippen LogP contribution in [0.4, 0.5) is 0 Å². The molecule has 0 saturated carbocycles. The third-order valence-electron chi connectivity index (χ3n) is 1.17. The molecule has 2 heteroatoms. The van der Waals surface area contributed by atoms with E-state index in [-0.39, 0.29) is 5.54 Å². The van der Waals surface area contributed by atoms with E-state index in [9.17, 15) is 0 Å². The average molecular weight is 110 g/mol. The smallest absolute Gasteiger partial charge is 0.0918 e. The van der Waals surface area contributed by atoms with Gasteiger partial charge < -0.3 is 5.32 Å². The minimum Gasteiger partial charge on any atom is -0.349 e. The van der Waals surface area contributed by atoms with Crippen LogP contribution in [0.5, 0.6) is 0 Å². The first kappa shape index (κ1) is 5.46. The molecule has 8 heavy (non-hydrogen) atoms. The largest absolute Gasteiger partial charge is 0.349 e. The standard InChI is InChI=1S/C6H10N2/c1-6(5-8-6)3-4-7-2/h7-8H,5H2,1-2H3. The van der Waals surface area contributed by atoms with Crippen LogP contribution in [0.1, 0.15) is 6.92 Å². The maximum absolute atomic E-state index is 3.13. The van der Waals surface area contributed by atoms with Crippen LogP contribution in [0.25, 0.3) is 0 Å². The van der Waals surface area contributed by atoms with E-state index in [0.717, 1.165) is 6.54 Å². The molecule has 1 rings (SSSR count). The first-order valence-electron chi connectivity index (χ1n) is 2.71. The van der Waals surface area contributed by atoms with Crippen LogP contribution >= 0.6 is 0 Å². The second-order valence-corrected chi connectivity index (χ2v) is 2.19. The Morgan fingerprint density at radius 1 is 1.75 bits per heavy atom. The van der Waals surface area contributed by atoms with Gasteiger partial charge in [-0.2, -0.15) is 0 Å². The fourth-order valence-electron chi connectivity index (χ4n) is 0.421. The molecule has 2 nitrogen and oxygen atoms in total. The molecule has 0 aromatic heterocycles. The van der Waals surface area contributed by atoms with E-state index in [4.69, 9.17) is 0 Å². The number of hydrogen-bond acceptors (Lipinski definition) is 2. The lowest BCUT2D eigenvalue weighted by molar-refractivity contribution is 0.911. The van der Waals surface area contributed by atoms with Gasteiger partial charge >= 0.3 is 0 Å². The van der Waals surface area contributed by atoms with Gasteiger partial charge in [0.05, 0.1) is 5.54 Å². The number of rotatable bonds is 0. The van der Waals surface area contributed by atoms with E-state index < -0.39 is 0 Å². The molecule has 1 saturated heterocycles. The summed E-state index contributed by atoms with van der Waals surface area (Å²) in [6.45, 7) is 3.11. The fraction of sp³-hybridized carbons (Fsp3) is 0.667. The quantitative estimate of drug-likeness (QED) is 0.251. The van der Waals surface area contributed by atoms with Crippen LogP contribution in [0.15, 0.2) is 0 Å². The highest BCUT2D eigenvalue weighted by atomic mass is 15.1. The maximum Gasteiger partial charge on any atom is 0.0918 e. The monoisotopic (exact) mass is 110 g/mol. The lowest BCUT2D eigenvalue weighted by Gasteiger charge is -1.88. The van der Waals surface area contributed by atoms with Crippen molar-refractivity contribution in [1.82, 2.24) is 10.6 Å². The van der Waals surface area contributed by atoms with Gasteiger partial charge in [-0.3, -0.25) is 5.32 Å². The minimum absolute atomic E-state index is 0.128. The third-order valence-corrected chi connectivity index (χ3v) is 1.17. The summed E-state index contributed by atoms with van der Waals surface area (Å²) in [7, 11) is 1.82. The molecule has 1 fully saturated rings. The summed E-state index contributed by atoms with van der Waals surface area (Å²) in [4.78, 5) is 0. The lowest BCUT2D eigenvalue weighted by atomic mass is 10.2. The highest BCUT2D eigenvalue weighted by Gasteiger charge is 2.34. The summed E-state index contributed by atoms with van der Waals surface area (Å²) in [6, 6.07) is 2.79. The van der Waals surface area contributed by atoms with Crippen LogP contribution in [-0.2, 0) is 0 Å². The van der Waals surface area contributed by atoms with E-state index in [1.165, 1.54) is 0 Å². The van der Waals surface area contributed by atoms with Crippen LogP contribution < -0.4 is 10.6 Å². The third kappa shape index (κ3) is 1.14. The fourth-order valence-corrected chi connectivity index (χ4v) is 0.421. The molecule has 1 aliphatic rings. The average Bonchev–Trinajstić information content (AvgIpc) is 2.45. The predicted octanol–water partition coefficient (Wildman–Crippen LogP) is -0.471. The molecule has 0 amide bonds. The first-order valence-corrected chi connectivity index (χ1v) is 2.71. The van der Waals surface area contributed by atoms with Gasteiger partial charge in [-0.15, -0.1) is 0 Å². The zero-order valence-corrected chi connectivity index (χ0v) is 5.21. The van der Waals surface area contributed by atoms with Crippen molar-refractivity contribution in [3.05, 3.63) is 0 Å². The minimum atomic E-state index is 0.128. The first-order chi connectivity index (χ1) is 3.77. The molecule has 0 aromatic rings. The molecular formula is C6H10N2. The van der Waals surface area contributed by atoms with Crippen molar-refractivity contribution in [2.24, 2.45) is 0 Å². The Kier molecular flexibility index (Phi) is 1.15. The van der Waals surface area contributed by atoms with E-state index >= 15 is 0 Å². The van der Waals surface area contributed by atoms with Crippen LogP contribution in [0.3, 0.4) is 0 Å². The Morgan fingerprint density at radius 2 is 2.38 bits per heavy atom. The molecule has 44 valence electrons. The molecule has 1 unspecified atom stereocenters. The zero-order valence-electron chi connectivity index (χ0n) is 5.21. The molecular weight excluding hydrogens is 100 g/mol. The Hall–Kier alpha value is -0.680. The van der Waals surface area contributed by atoms with E-state index in [2.05, 4.69) is 29.5 Å². The van der Waals surface area contributed by atoms with Gasteiger partial charge in [0, 0.05) is 19.6 Å². The van der Waals surface area contributed by atoms with Crippen molar-refractivity contribution < 1.29 is 0 Å². The van der Waals surface area contributed by atoms with Crippen molar-refractivity contribution in [3.63, 3.8) is 0 Å². The van der Waals surface area contributed by atoms with Gasteiger partial charge in [-0.1, -0.05) is 5.92 Å². The Bertz CT molecular complexity index is 136. The van der Waals surface area contributed by atoms with Gasteiger partial charge in [-0.25, -0.2) is 0 Å². The summed E-state index contributed by atoms with van der Waals surface area (Å²) in [5.41, 5.74) is 0.128. The zero-order chi connectivity index (χ0) is 6.04. The van der Waals surface area contributed by atoms with Crippen molar-refractivity contribution >= 4 is 0 Å². The maximum atomic E-state index is 3.13. The van der Waals surface area contributed by atoms with Gasteiger partial charge in [-0.05, 0) is 6.92 Å². The van der Waals surface area contributed by atoms with Crippen LogP contribution in [0, 0.1) is 12.0 Å². The SMILES string of the molecule is CNC#CC1(C)CN1. The van der Waals surface area contributed by atoms with Gasteiger partial charge in [0.1, 0.15) is 0 Å². The normalized spacial score (nSPS) is 32.8. The molecule has 1 heterocycles.